The smallest absolute Gasteiger partial charge is 0.305 e. The highest BCUT2D eigenvalue weighted by atomic mass is 16.7. The summed E-state index contributed by atoms with van der Waals surface area (Å²) in [7, 11) is 1.62. The van der Waals surface area contributed by atoms with Crippen molar-refractivity contribution in [3.63, 3.8) is 0 Å². The van der Waals surface area contributed by atoms with Gasteiger partial charge in [-0.1, -0.05) is 45.8 Å². The second kappa shape index (κ2) is 15.9. The molecule has 0 radical (unpaired) electrons. The lowest BCUT2D eigenvalue weighted by Crippen LogP contribution is -2.56. The van der Waals surface area contributed by atoms with Gasteiger partial charge in [-0.25, -0.2) is 0 Å². The van der Waals surface area contributed by atoms with Crippen LogP contribution in [-0.4, -0.2) is 65.2 Å². The summed E-state index contributed by atoms with van der Waals surface area (Å²) in [5.74, 6) is 0.751. The molecule has 7 nitrogen and oxygen atoms in total. The van der Waals surface area contributed by atoms with E-state index in [1.54, 1.807) is 21.0 Å². The number of hydrogen-bond donors (Lipinski definition) is 2. The average molecular weight is 557 g/mol. The maximum Gasteiger partial charge on any atom is 0.305 e. The summed E-state index contributed by atoms with van der Waals surface area (Å²) < 4.78 is 23.4. The van der Waals surface area contributed by atoms with Crippen LogP contribution in [0.3, 0.4) is 0 Å². The Morgan fingerprint density at radius 2 is 1.79 bits per heavy atom. The van der Waals surface area contributed by atoms with Gasteiger partial charge in [0.1, 0.15) is 12.2 Å². The largest absolute Gasteiger partial charge is 0.459 e. The molecule has 0 aromatic heterocycles. The maximum atomic E-state index is 11.9. The molecule has 7 unspecified atom stereocenters. The van der Waals surface area contributed by atoms with Crippen LogP contribution in [0.5, 0.6) is 0 Å². The monoisotopic (exact) mass is 556 g/mol. The van der Waals surface area contributed by atoms with Crippen LogP contribution in [0.4, 0.5) is 0 Å². The van der Waals surface area contributed by atoms with E-state index < -0.39 is 29.7 Å². The van der Waals surface area contributed by atoms with Crippen LogP contribution in [0.2, 0.25) is 0 Å². The zero-order valence-electron chi connectivity index (χ0n) is 27.0. The fourth-order valence-electron chi connectivity index (χ4n) is 6.07. The van der Waals surface area contributed by atoms with Gasteiger partial charge in [0.2, 0.25) is 0 Å². The molecule has 0 aliphatic carbocycles. The van der Waals surface area contributed by atoms with Crippen LogP contribution in [0.1, 0.15) is 121 Å². The zero-order valence-corrected chi connectivity index (χ0v) is 27.0. The molecule has 0 amide bonds. The Morgan fingerprint density at radius 3 is 2.31 bits per heavy atom. The fraction of sp³-hybridized carbons (Fsp3) is 0.906. The number of aliphatic hydroxyl groups is 2. The summed E-state index contributed by atoms with van der Waals surface area (Å²) in [5, 5.41) is 21.7. The Kier molecular flexibility index (Phi) is 14.7. The summed E-state index contributed by atoms with van der Waals surface area (Å²) in [5.41, 5.74) is 0.897. The van der Waals surface area contributed by atoms with Crippen molar-refractivity contribution in [1.29, 1.82) is 0 Å². The van der Waals surface area contributed by atoms with Gasteiger partial charge in [-0.15, -0.1) is 0 Å². The van der Waals surface area contributed by atoms with E-state index in [1.807, 2.05) is 20.8 Å². The molecule has 10 atom stereocenters. The third-order valence-electron chi connectivity index (χ3n) is 8.91. The summed E-state index contributed by atoms with van der Waals surface area (Å²) in [6, 6.07) is 0. The average Bonchev–Trinajstić information content (AvgIpc) is 2.84. The topological polar surface area (TPSA) is 94.5 Å². The second-order valence-corrected chi connectivity index (χ2v) is 12.9. The molecular weight excluding hydrogens is 496 g/mol. The normalized spacial score (nSPS) is 29.0. The van der Waals surface area contributed by atoms with Crippen LogP contribution in [0.25, 0.3) is 0 Å². The molecule has 1 fully saturated rings. The van der Waals surface area contributed by atoms with Crippen molar-refractivity contribution in [3.8, 4) is 0 Å². The van der Waals surface area contributed by atoms with Gasteiger partial charge >= 0.3 is 5.97 Å². The van der Waals surface area contributed by atoms with Crippen molar-refractivity contribution >= 4 is 5.97 Å². The minimum absolute atomic E-state index is 0.00903. The molecule has 0 aromatic carbocycles. The van der Waals surface area contributed by atoms with E-state index in [-0.39, 0.29) is 24.1 Å². The van der Waals surface area contributed by atoms with E-state index in [0.29, 0.717) is 37.5 Å². The number of ether oxygens (including phenoxy) is 4. The molecule has 1 saturated heterocycles. The van der Waals surface area contributed by atoms with Crippen LogP contribution in [0.15, 0.2) is 11.1 Å². The number of hydrogen-bond acceptors (Lipinski definition) is 7. The molecule has 0 bridgehead atoms. The summed E-state index contributed by atoms with van der Waals surface area (Å²) in [6.45, 7) is 22.4. The summed E-state index contributed by atoms with van der Waals surface area (Å²) in [4.78, 5) is 11.9. The first kappa shape index (κ1) is 36.0. The minimum atomic E-state index is -1.08. The Bertz CT molecular complexity index is 774. The number of esters is 1. The Balaban J connectivity index is 2.69. The molecule has 1 rings (SSSR count). The predicted octanol–water partition coefficient (Wildman–Crippen LogP) is 6.58. The number of carbonyl (C=O) groups excluding carboxylic acids is 1. The lowest BCUT2D eigenvalue weighted by atomic mass is 9.79. The Hall–Kier alpha value is -0.990. The van der Waals surface area contributed by atoms with Gasteiger partial charge in [0.05, 0.1) is 23.4 Å². The number of aliphatic hydroxyl groups excluding tert-OH is 1. The third kappa shape index (κ3) is 10.7. The van der Waals surface area contributed by atoms with Crippen LogP contribution < -0.4 is 0 Å². The highest BCUT2D eigenvalue weighted by molar-refractivity contribution is 5.69. The van der Waals surface area contributed by atoms with E-state index in [9.17, 15) is 15.0 Å². The predicted molar refractivity (Wildman–Crippen MR) is 156 cm³/mol. The zero-order chi connectivity index (χ0) is 30.1. The van der Waals surface area contributed by atoms with Gasteiger partial charge in [0.25, 0.3) is 0 Å². The van der Waals surface area contributed by atoms with Crippen LogP contribution in [-0.2, 0) is 23.7 Å². The molecule has 7 heteroatoms. The molecule has 0 aromatic rings. The van der Waals surface area contributed by atoms with Gasteiger partial charge in [0, 0.05) is 20.0 Å². The summed E-state index contributed by atoms with van der Waals surface area (Å²) >= 11 is 0. The highest BCUT2D eigenvalue weighted by Gasteiger charge is 2.45. The van der Waals surface area contributed by atoms with E-state index in [2.05, 4.69) is 41.5 Å². The number of carbonyl (C=O) groups is 1. The van der Waals surface area contributed by atoms with Crippen LogP contribution >= 0.6 is 0 Å². The first-order valence-corrected chi connectivity index (χ1v) is 15.1. The van der Waals surface area contributed by atoms with Crippen molar-refractivity contribution in [1.82, 2.24) is 0 Å². The molecule has 1 heterocycles. The minimum Gasteiger partial charge on any atom is -0.459 e. The van der Waals surface area contributed by atoms with E-state index in [0.717, 1.165) is 19.3 Å². The van der Waals surface area contributed by atoms with Gasteiger partial charge in [0.15, 0.2) is 6.29 Å². The fourth-order valence-corrected chi connectivity index (χ4v) is 6.07. The molecule has 2 N–H and O–H groups in total. The van der Waals surface area contributed by atoms with E-state index in [1.165, 1.54) is 11.1 Å². The molecule has 230 valence electrons. The number of rotatable bonds is 16. The molecular formula is C32H60O7. The SMILES string of the molecule is CCC(=O)OC(CC)[C@@](C)(O)CC(C)C(CCC(C)CC(C)C(C)OC1C[C@@](C)(OC)C(O)[C@H](C)O1)=C(C)C. The highest BCUT2D eigenvalue weighted by Crippen LogP contribution is 2.35. The molecule has 1 aliphatic heterocycles. The van der Waals surface area contributed by atoms with Crippen molar-refractivity contribution in [2.75, 3.05) is 7.11 Å². The molecule has 39 heavy (non-hydrogen) atoms. The third-order valence-corrected chi connectivity index (χ3v) is 8.91. The molecule has 0 spiro atoms. The lowest BCUT2D eigenvalue weighted by Gasteiger charge is -2.45. The van der Waals surface area contributed by atoms with E-state index >= 15 is 0 Å². The molecule has 0 saturated carbocycles. The van der Waals surface area contributed by atoms with Crippen molar-refractivity contribution in [2.24, 2.45) is 17.8 Å². The van der Waals surface area contributed by atoms with Crippen molar-refractivity contribution < 1.29 is 34.0 Å². The number of methoxy groups -OCH3 is 1. The Labute approximate surface area is 239 Å². The van der Waals surface area contributed by atoms with Crippen molar-refractivity contribution in [3.05, 3.63) is 11.1 Å². The Morgan fingerprint density at radius 1 is 1.18 bits per heavy atom. The number of allylic oxidation sites excluding steroid dienone is 2. The van der Waals surface area contributed by atoms with Gasteiger partial charge in [-0.2, -0.15) is 0 Å². The quantitative estimate of drug-likeness (QED) is 0.164. The molecule has 1 aliphatic rings. The standard InChI is InChI=1S/C32H60O7/c1-13-27(39-28(33)14-2)31(10,35)18-23(7)26(20(3)4)16-15-21(5)17-22(6)24(8)37-29-19-32(11,36-12)30(34)25(9)38-29/h21-25,27,29-30,34-35H,13-19H2,1-12H3/t21?,22?,23?,24?,25-,27?,29?,30?,31-,32+/m0/s1. The van der Waals surface area contributed by atoms with Crippen molar-refractivity contribution in [2.45, 2.75) is 163 Å². The lowest BCUT2D eigenvalue weighted by molar-refractivity contribution is -0.290. The second-order valence-electron chi connectivity index (χ2n) is 12.9. The van der Waals surface area contributed by atoms with Gasteiger partial charge in [-0.3, -0.25) is 4.79 Å². The van der Waals surface area contributed by atoms with Gasteiger partial charge in [-0.05, 0) is 91.4 Å². The summed E-state index contributed by atoms with van der Waals surface area (Å²) in [6.07, 6.45) is 3.04. The van der Waals surface area contributed by atoms with E-state index in [4.69, 9.17) is 18.9 Å². The van der Waals surface area contributed by atoms with Crippen LogP contribution in [0, 0.1) is 17.8 Å². The first-order valence-electron chi connectivity index (χ1n) is 15.1. The first-order chi connectivity index (χ1) is 18.0. The maximum absolute atomic E-state index is 11.9. The van der Waals surface area contributed by atoms with Gasteiger partial charge < -0.3 is 29.2 Å².